The maximum absolute atomic E-state index is 12.0. The van der Waals surface area contributed by atoms with Gasteiger partial charge in [0, 0.05) is 11.6 Å². The number of carboxylic acids is 1. The van der Waals surface area contributed by atoms with E-state index in [0.29, 0.717) is 5.02 Å². The summed E-state index contributed by atoms with van der Waals surface area (Å²) < 4.78 is 24.9. The Labute approximate surface area is 105 Å². The van der Waals surface area contributed by atoms with Crippen molar-refractivity contribution < 1.29 is 18.3 Å². The Morgan fingerprint density at radius 3 is 2.29 bits per heavy atom. The average molecular weight is 278 g/mol. The van der Waals surface area contributed by atoms with Crippen molar-refractivity contribution in [1.29, 1.82) is 0 Å². The van der Waals surface area contributed by atoms with Gasteiger partial charge in [0.25, 0.3) is 0 Å². The van der Waals surface area contributed by atoms with Crippen molar-refractivity contribution in [2.45, 2.75) is 11.8 Å². The molecule has 1 N–H and O–H groups in total. The van der Waals surface area contributed by atoms with Gasteiger partial charge < -0.3 is 5.11 Å². The van der Waals surface area contributed by atoms with Crippen molar-refractivity contribution in [2.75, 3.05) is 13.1 Å². The fourth-order valence-electron chi connectivity index (χ4n) is 1.27. The van der Waals surface area contributed by atoms with Crippen LogP contribution in [0.1, 0.15) is 6.92 Å². The molecule has 0 aromatic heterocycles. The number of aliphatic carboxylic acids is 1. The number of hydrogen-bond donors (Lipinski definition) is 1. The maximum Gasteiger partial charge on any atom is 0.318 e. The van der Waals surface area contributed by atoms with Crippen LogP contribution in [-0.2, 0) is 14.8 Å². The summed E-state index contributed by atoms with van der Waals surface area (Å²) in [4.78, 5) is 10.6. The predicted octanol–water partition coefficient (Wildman–Crippen LogP) is 1.44. The van der Waals surface area contributed by atoms with Crippen LogP contribution in [0.25, 0.3) is 0 Å². The first-order valence-corrected chi connectivity index (χ1v) is 6.67. The van der Waals surface area contributed by atoms with Crippen LogP contribution in [0.4, 0.5) is 0 Å². The Morgan fingerprint density at radius 2 is 1.88 bits per heavy atom. The molecule has 0 radical (unpaired) electrons. The average Bonchev–Trinajstić information content (AvgIpc) is 2.26. The topological polar surface area (TPSA) is 74.7 Å². The molecule has 0 aliphatic heterocycles. The van der Waals surface area contributed by atoms with E-state index in [1.807, 2.05) is 0 Å². The quantitative estimate of drug-likeness (QED) is 0.884. The molecule has 0 aliphatic rings. The summed E-state index contributed by atoms with van der Waals surface area (Å²) in [6.07, 6.45) is 0. The highest BCUT2D eigenvalue weighted by Gasteiger charge is 2.24. The van der Waals surface area contributed by atoms with Crippen LogP contribution < -0.4 is 0 Å². The molecule has 17 heavy (non-hydrogen) atoms. The lowest BCUT2D eigenvalue weighted by Gasteiger charge is -2.18. The molecule has 0 unspecified atom stereocenters. The molecule has 94 valence electrons. The van der Waals surface area contributed by atoms with Gasteiger partial charge in [-0.05, 0) is 24.3 Å². The number of rotatable bonds is 5. The summed E-state index contributed by atoms with van der Waals surface area (Å²) >= 11 is 5.66. The third kappa shape index (κ3) is 3.42. The molecule has 0 aliphatic carbocycles. The Morgan fingerprint density at radius 1 is 1.35 bits per heavy atom. The van der Waals surface area contributed by atoms with Gasteiger partial charge >= 0.3 is 5.97 Å². The Bertz CT molecular complexity index is 498. The summed E-state index contributed by atoms with van der Waals surface area (Å²) in [5.74, 6) is -1.19. The van der Waals surface area contributed by atoms with E-state index in [1.165, 1.54) is 24.3 Å². The maximum atomic E-state index is 12.0. The molecule has 1 rings (SSSR count). The predicted molar refractivity (Wildman–Crippen MR) is 63.5 cm³/mol. The number of nitrogens with zero attached hydrogens (tertiary/aromatic N) is 1. The molecule has 0 fully saturated rings. The van der Waals surface area contributed by atoms with Crippen LogP contribution in [0.5, 0.6) is 0 Å². The van der Waals surface area contributed by atoms with E-state index < -0.39 is 22.5 Å². The van der Waals surface area contributed by atoms with Crippen LogP contribution in [0.15, 0.2) is 29.2 Å². The number of hydrogen-bond acceptors (Lipinski definition) is 3. The fourth-order valence-corrected chi connectivity index (χ4v) is 2.80. The van der Waals surface area contributed by atoms with Gasteiger partial charge in [-0.15, -0.1) is 0 Å². The van der Waals surface area contributed by atoms with Crippen LogP contribution in [0.3, 0.4) is 0 Å². The molecule has 5 nitrogen and oxygen atoms in total. The number of carboxylic acid groups (broad SMARTS) is 1. The smallest absolute Gasteiger partial charge is 0.318 e. The zero-order valence-electron chi connectivity index (χ0n) is 9.13. The normalized spacial score (nSPS) is 11.7. The lowest BCUT2D eigenvalue weighted by molar-refractivity contribution is -0.137. The molecule has 1 aromatic carbocycles. The Hall–Kier alpha value is -1.11. The third-order valence-electron chi connectivity index (χ3n) is 2.12. The molecular weight excluding hydrogens is 266 g/mol. The zero-order chi connectivity index (χ0) is 13.1. The lowest BCUT2D eigenvalue weighted by Crippen LogP contribution is -2.35. The van der Waals surface area contributed by atoms with E-state index in [1.54, 1.807) is 6.92 Å². The van der Waals surface area contributed by atoms with Gasteiger partial charge in [-0.1, -0.05) is 18.5 Å². The van der Waals surface area contributed by atoms with E-state index in [2.05, 4.69) is 0 Å². The van der Waals surface area contributed by atoms with Gasteiger partial charge in [0.1, 0.15) is 6.54 Å². The summed E-state index contributed by atoms with van der Waals surface area (Å²) in [5.41, 5.74) is 0. The standard InChI is InChI=1S/C10H12ClNO4S/c1-2-12(7-10(13)14)17(15,16)9-5-3-8(11)4-6-9/h3-6H,2,7H2,1H3,(H,13,14). The lowest BCUT2D eigenvalue weighted by atomic mass is 10.4. The molecule has 0 saturated carbocycles. The highest BCUT2D eigenvalue weighted by Crippen LogP contribution is 2.18. The second-order valence-corrected chi connectivity index (χ2v) is 5.65. The molecule has 0 heterocycles. The molecule has 0 spiro atoms. The van der Waals surface area contributed by atoms with Crippen molar-refractivity contribution >= 4 is 27.6 Å². The van der Waals surface area contributed by atoms with Crippen LogP contribution in [-0.4, -0.2) is 36.9 Å². The number of benzene rings is 1. The van der Waals surface area contributed by atoms with E-state index in [-0.39, 0.29) is 11.4 Å². The Balaban J connectivity index is 3.08. The first-order chi connectivity index (χ1) is 7.87. The Kier molecular flexibility index (Phi) is 4.50. The van der Waals surface area contributed by atoms with Crippen molar-refractivity contribution in [1.82, 2.24) is 4.31 Å². The van der Waals surface area contributed by atoms with Gasteiger partial charge in [-0.3, -0.25) is 4.79 Å². The van der Waals surface area contributed by atoms with Crippen molar-refractivity contribution in [3.8, 4) is 0 Å². The molecule has 0 amide bonds. The fraction of sp³-hybridized carbons (Fsp3) is 0.300. The summed E-state index contributed by atoms with van der Waals surface area (Å²) in [5, 5.41) is 9.06. The molecule has 7 heteroatoms. The van der Waals surface area contributed by atoms with Gasteiger partial charge in [-0.25, -0.2) is 8.42 Å². The van der Waals surface area contributed by atoms with E-state index >= 15 is 0 Å². The monoisotopic (exact) mass is 277 g/mol. The van der Waals surface area contributed by atoms with Gasteiger partial charge in [0.15, 0.2) is 0 Å². The van der Waals surface area contributed by atoms with Crippen molar-refractivity contribution in [3.63, 3.8) is 0 Å². The molecule has 0 atom stereocenters. The van der Waals surface area contributed by atoms with E-state index in [4.69, 9.17) is 16.7 Å². The van der Waals surface area contributed by atoms with E-state index in [0.717, 1.165) is 4.31 Å². The third-order valence-corrected chi connectivity index (χ3v) is 4.30. The van der Waals surface area contributed by atoms with E-state index in [9.17, 15) is 13.2 Å². The first-order valence-electron chi connectivity index (χ1n) is 4.85. The van der Waals surface area contributed by atoms with Crippen molar-refractivity contribution in [2.24, 2.45) is 0 Å². The molecular formula is C10H12ClNO4S. The summed E-state index contributed by atoms with van der Waals surface area (Å²) in [6.45, 7) is 1.12. The highest BCUT2D eigenvalue weighted by atomic mass is 35.5. The molecule has 1 aromatic rings. The minimum atomic E-state index is -3.77. The van der Waals surface area contributed by atoms with Gasteiger partial charge in [0.2, 0.25) is 10.0 Å². The van der Waals surface area contributed by atoms with Gasteiger partial charge in [0.05, 0.1) is 4.90 Å². The summed E-state index contributed by atoms with van der Waals surface area (Å²) in [7, 11) is -3.77. The van der Waals surface area contributed by atoms with Crippen LogP contribution in [0, 0.1) is 0 Å². The van der Waals surface area contributed by atoms with Crippen LogP contribution in [0.2, 0.25) is 5.02 Å². The van der Waals surface area contributed by atoms with Gasteiger partial charge in [-0.2, -0.15) is 4.31 Å². The number of halogens is 1. The number of likely N-dealkylation sites (N-methyl/N-ethyl adjacent to an activating group) is 1. The second kappa shape index (κ2) is 5.48. The SMILES string of the molecule is CCN(CC(=O)O)S(=O)(=O)c1ccc(Cl)cc1. The largest absolute Gasteiger partial charge is 0.480 e. The number of carbonyl (C=O) groups is 1. The van der Waals surface area contributed by atoms with Crippen LogP contribution >= 0.6 is 11.6 Å². The molecule has 0 saturated heterocycles. The first kappa shape index (κ1) is 14.0. The second-order valence-electron chi connectivity index (χ2n) is 3.28. The minimum Gasteiger partial charge on any atom is -0.480 e. The highest BCUT2D eigenvalue weighted by molar-refractivity contribution is 7.89. The van der Waals surface area contributed by atoms with Crippen molar-refractivity contribution in [3.05, 3.63) is 29.3 Å². The molecule has 0 bridgehead atoms. The minimum absolute atomic E-state index is 0.0324. The summed E-state index contributed by atoms with van der Waals surface area (Å²) in [6, 6.07) is 5.59. The zero-order valence-corrected chi connectivity index (χ0v) is 10.7. The number of sulfonamides is 1.